The van der Waals surface area contributed by atoms with Gasteiger partial charge >= 0.3 is 0 Å². The molecule has 4 nitrogen and oxygen atoms in total. The van der Waals surface area contributed by atoms with Crippen LogP contribution in [-0.4, -0.2) is 44.1 Å². The molecule has 1 heterocycles. The van der Waals surface area contributed by atoms with Gasteiger partial charge in [-0.1, -0.05) is 18.6 Å². The zero-order valence-electron chi connectivity index (χ0n) is 13.9. The molecule has 0 aromatic heterocycles. The van der Waals surface area contributed by atoms with Crippen LogP contribution in [0.15, 0.2) is 18.2 Å². The second kappa shape index (κ2) is 8.79. The highest BCUT2D eigenvalue weighted by Crippen LogP contribution is 2.19. The van der Waals surface area contributed by atoms with Crippen LogP contribution in [0.3, 0.4) is 0 Å². The lowest BCUT2D eigenvalue weighted by atomic mass is 10.1. The summed E-state index contributed by atoms with van der Waals surface area (Å²) in [5, 5.41) is 3.02. The third-order valence-corrected chi connectivity index (χ3v) is 4.26. The number of carbonyl (C=O) groups excluding carboxylic acids is 1. The predicted molar refractivity (Wildman–Crippen MR) is 89.4 cm³/mol. The maximum atomic E-state index is 12.0. The molecule has 1 aliphatic rings. The van der Waals surface area contributed by atoms with E-state index in [0.29, 0.717) is 6.42 Å². The number of hydrogen-bond acceptors (Lipinski definition) is 3. The van der Waals surface area contributed by atoms with E-state index >= 15 is 0 Å². The van der Waals surface area contributed by atoms with Crippen LogP contribution in [-0.2, 0) is 11.2 Å². The summed E-state index contributed by atoms with van der Waals surface area (Å²) in [5.41, 5.74) is 2.09. The molecule has 0 bridgehead atoms. The zero-order valence-corrected chi connectivity index (χ0v) is 13.9. The summed E-state index contributed by atoms with van der Waals surface area (Å²) in [6.45, 7) is 6.30. The highest BCUT2D eigenvalue weighted by atomic mass is 16.5. The van der Waals surface area contributed by atoms with E-state index in [2.05, 4.69) is 10.2 Å². The molecule has 1 aromatic carbocycles. The molecule has 0 saturated carbocycles. The Morgan fingerprint density at radius 3 is 2.77 bits per heavy atom. The summed E-state index contributed by atoms with van der Waals surface area (Å²) >= 11 is 0. The number of nitrogens with zero attached hydrogens (tertiary/aromatic N) is 1. The fourth-order valence-corrected chi connectivity index (χ4v) is 2.94. The van der Waals surface area contributed by atoms with E-state index in [1.54, 1.807) is 7.11 Å². The molecule has 0 aliphatic carbocycles. The molecule has 4 heteroatoms. The molecule has 1 aliphatic heterocycles. The van der Waals surface area contributed by atoms with Crippen LogP contribution in [0, 0.1) is 6.92 Å². The molecule has 1 N–H and O–H groups in total. The van der Waals surface area contributed by atoms with Gasteiger partial charge in [0.25, 0.3) is 0 Å². The average molecular weight is 304 g/mol. The van der Waals surface area contributed by atoms with Crippen molar-refractivity contribution in [3.63, 3.8) is 0 Å². The second-order valence-electron chi connectivity index (χ2n) is 6.09. The van der Waals surface area contributed by atoms with Gasteiger partial charge < -0.3 is 15.0 Å². The Labute approximate surface area is 133 Å². The SMILES string of the molecule is COc1cc(CC(=O)NCCCN2CCCCC2)ccc1C. The molecule has 1 saturated heterocycles. The number of benzene rings is 1. The first kappa shape index (κ1) is 16.8. The molecule has 0 radical (unpaired) electrons. The van der Waals surface area contributed by atoms with Crippen LogP contribution in [0.5, 0.6) is 5.75 Å². The Balaban J connectivity index is 1.67. The van der Waals surface area contributed by atoms with E-state index in [1.807, 2.05) is 25.1 Å². The van der Waals surface area contributed by atoms with Gasteiger partial charge in [-0.05, 0) is 63.0 Å². The monoisotopic (exact) mass is 304 g/mol. The van der Waals surface area contributed by atoms with Gasteiger partial charge in [0.2, 0.25) is 5.91 Å². The number of amides is 1. The molecule has 1 amide bonds. The van der Waals surface area contributed by atoms with Gasteiger partial charge in [-0.25, -0.2) is 0 Å². The van der Waals surface area contributed by atoms with Crippen molar-refractivity contribution in [3.05, 3.63) is 29.3 Å². The molecule has 2 rings (SSSR count). The Morgan fingerprint density at radius 1 is 1.27 bits per heavy atom. The number of ether oxygens (including phenoxy) is 1. The van der Waals surface area contributed by atoms with Crippen LogP contribution in [0.25, 0.3) is 0 Å². The minimum atomic E-state index is 0.0875. The minimum Gasteiger partial charge on any atom is -0.496 e. The van der Waals surface area contributed by atoms with Gasteiger partial charge in [0, 0.05) is 6.54 Å². The summed E-state index contributed by atoms with van der Waals surface area (Å²) in [7, 11) is 1.66. The lowest BCUT2D eigenvalue weighted by molar-refractivity contribution is -0.120. The third-order valence-electron chi connectivity index (χ3n) is 4.26. The first-order valence-corrected chi connectivity index (χ1v) is 8.31. The fraction of sp³-hybridized carbons (Fsp3) is 0.611. The Morgan fingerprint density at radius 2 is 2.05 bits per heavy atom. The predicted octanol–water partition coefficient (Wildman–Crippen LogP) is 2.54. The molecular weight excluding hydrogens is 276 g/mol. The molecule has 0 unspecified atom stereocenters. The van der Waals surface area contributed by atoms with Crippen molar-refractivity contribution in [2.24, 2.45) is 0 Å². The largest absolute Gasteiger partial charge is 0.496 e. The van der Waals surface area contributed by atoms with Crippen molar-refractivity contribution in [3.8, 4) is 5.75 Å². The van der Waals surface area contributed by atoms with Crippen LogP contribution in [0.1, 0.15) is 36.8 Å². The van der Waals surface area contributed by atoms with Crippen LogP contribution < -0.4 is 10.1 Å². The van der Waals surface area contributed by atoms with Crippen molar-refractivity contribution in [2.45, 2.75) is 39.0 Å². The number of methoxy groups -OCH3 is 1. The maximum Gasteiger partial charge on any atom is 0.224 e. The summed E-state index contributed by atoms with van der Waals surface area (Å²) in [4.78, 5) is 14.5. The van der Waals surface area contributed by atoms with Crippen LogP contribution in [0.2, 0.25) is 0 Å². The third kappa shape index (κ3) is 5.34. The number of rotatable bonds is 7. The molecule has 122 valence electrons. The smallest absolute Gasteiger partial charge is 0.224 e. The normalized spacial score (nSPS) is 15.5. The summed E-state index contributed by atoms with van der Waals surface area (Å²) in [6, 6.07) is 5.94. The van der Waals surface area contributed by atoms with Gasteiger partial charge in [0.05, 0.1) is 13.5 Å². The van der Waals surface area contributed by atoms with Crippen molar-refractivity contribution >= 4 is 5.91 Å². The summed E-state index contributed by atoms with van der Waals surface area (Å²) in [5.74, 6) is 0.931. The van der Waals surface area contributed by atoms with Crippen molar-refractivity contribution < 1.29 is 9.53 Å². The Kier molecular flexibility index (Phi) is 6.72. The van der Waals surface area contributed by atoms with E-state index in [9.17, 15) is 4.79 Å². The average Bonchev–Trinajstić information content (AvgIpc) is 2.54. The van der Waals surface area contributed by atoms with Gasteiger partial charge in [-0.15, -0.1) is 0 Å². The highest BCUT2D eigenvalue weighted by Gasteiger charge is 2.10. The van der Waals surface area contributed by atoms with Crippen LogP contribution in [0.4, 0.5) is 0 Å². The van der Waals surface area contributed by atoms with Crippen LogP contribution >= 0.6 is 0 Å². The van der Waals surface area contributed by atoms with Crippen molar-refractivity contribution in [2.75, 3.05) is 33.3 Å². The molecule has 22 heavy (non-hydrogen) atoms. The van der Waals surface area contributed by atoms with Gasteiger partial charge in [0.15, 0.2) is 0 Å². The number of hydrogen-bond donors (Lipinski definition) is 1. The van der Waals surface area contributed by atoms with E-state index < -0.39 is 0 Å². The molecular formula is C18H28N2O2. The van der Waals surface area contributed by atoms with Crippen molar-refractivity contribution in [1.82, 2.24) is 10.2 Å². The van der Waals surface area contributed by atoms with Gasteiger partial charge in [-0.3, -0.25) is 4.79 Å². The van der Waals surface area contributed by atoms with E-state index in [0.717, 1.165) is 36.4 Å². The van der Waals surface area contributed by atoms with E-state index in [4.69, 9.17) is 4.74 Å². The minimum absolute atomic E-state index is 0.0875. The quantitative estimate of drug-likeness (QED) is 0.787. The highest BCUT2D eigenvalue weighted by molar-refractivity contribution is 5.78. The van der Waals surface area contributed by atoms with E-state index in [-0.39, 0.29) is 5.91 Å². The van der Waals surface area contributed by atoms with E-state index in [1.165, 1.54) is 32.4 Å². The number of likely N-dealkylation sites (tertiary alicyclic amines) is 1. The lowest BCUT2D eigenvalue weighted by Gasteiger charge is -2.26. The topological polar surface area (TPSA) is 41.6 Å². The zero-order chi connectivity index (χ0) is 15.8. The summed E-state index contributed by atoms with van der Waals surface area (Å²) in [6.07, 6.45) is 5.46. The number of piperidine rings is 1. The number of aryl methyl sites for hydroxylation is 1. The maximum absolute atomic E-state index is 12.0. The Bertz CT molecular complexity index is 482. The molecule has 1 fully saturated rings. The second-order valence-corrected chi connectivity index (χ2v) is 6.09. The van der Waals surface area contributed by atoms with Gasteiger partial charge in [0.1, 0.15) is 5.75 Å². The Hall–Kier alpha value is -1.55. The standard InChI is InChI=1S/C18H28N2O2/c1-15-7-8-16(13-17(15)22-2)14-18(21)19-9-6-12-20-10-4-3-5-11-20/h7-8,13H,3-6,9-12,14H2,1-2H3,(H,19,21). The van der Waals surface area contributed by atoms with Crippen molar-refractivity contribution in [1.29, 1.82) is 0 Å². The molecule has 0 spiro atoms. The summed E-state index contributed by atoms with van der Waals surface area (Å²) < 4.78 is 5.30. The van der Waals surface area contributed by atoms with Gasteiger partial charge in [-0.2, -0.15) is 0 Å². The molecule has 0 atom stereocenters. The fourth-order valence-electron chi connectivity index (χ4n) is 2.94. The lowest BCUT2D eigenvalue weighted by Crippen LogP contribution is -2.33. The number of nitrogens with one attached hydrogen (secondary N) is 1. The molecule has 1 aromatic rings. The first-order valence-electron chi connectivity index (χ1n) is 8.31. The first-order chi connectivity index (χ1) is 10.7. The number of carbonyl (C=O) groups is 1.